The molecule has 1 aliphatic carbocycles. The Hall–Kier alpha value is -2.09. The molecule has 0 saturated carbocycles. The molecule has 0 saturated heterocycles. The van der Waals surface area contributed by atoms with Crippen molar-refractivity contribution in [3.8, 4) is 6.07 Å². The fraction of sp³-hybridized carbons (Fsp3) is 0.417. The molecule has 88 valence electrons. The van der Waals surface area contributed by atoms with Crippen molar-refractivity contribution in [2.75, 3.05) is 7.11 Å². The Kier molecular flexibility index (Phi) is 2.96. The number of aryl methyl sites for hydroxylation is 1. The van der Waals surface area contributed by atoms with Crippen LogP contribution in [0.2, 0.25) is 0 Å². The van der Waals surface area contributed by atoms with Crippen molar-refractivity contribution in [1.82, 2.24) is 4.98 Å². The molecule has 5 heteroatoms. The van der Waals surface area contributed by atoms with Gasteiger partial charge < -0.3 is 9.72 Å². The van der Waals surface area contributed by atoms with Gasteiger partial charge in [-0.2, -0.15) is 5.26 Å². The van der Waals surface area contributed by atoms with E-state index in [0.29, 0.717) is 6.42 Å². The molecule has 0 aliphatic heterocycles. The van der Waals surface area contributed by atoms with Crippen molar-refractivity contribution in [1.29, 1.82) is 5.26 Å². The lowest BCUT2D eigenvalue weighted by Crippen LogP contribution is -2.24. The van der Waals surface area contributed by atoms with Crippen molar-refractivity contribution in [3.63, 3.8) is 0 Å². The zero-order chi connectivity index (χ0) is 12.4. The van der Waals surface area contributed by atoms with E-state index >= 15 is 0 Å². The summed E-state index contributed by atoms with van der Waals surface area (Å²) < 4.78 is 4.66. The smallest absolute Gasteiger partial charge is 0.339 e. The molecule has 2 rings (SSSR count). The highest BCUT2D eigenvalue weighted by atomic mass is 16.5. The molecule has 0 spiro atoms. The van der Waals surface area contributed by atoms with E-state index in [1.54, 1.807) is 6.07 Å². The van der Waals surface area contributed by atoms with Crippen LogP contribution < -0.4 is 5.56 Å². The maximum atomic E-state index is 11.7. The second kappa shape index (κ2) is 4.42. The third-order valence-electron chi connectivity index (χ3n) is 3.01. The van der Waals surface area contributed by atoms with Gasteiger partial charge in [0.1, 0.15) is 11.6 Å². The molecule has 1 heterocycles. The van der Waals surface area contributed by atoms with Crippen molar-refractivity contribution >= 4 is 5.97 Å². The molecule has 0 unspecified atom stereocenters. The first kappa shape index (κ1) is 11.4. The van der Waals surface area contributed by atoms with Gasteiger partial charge in [-0.25, -0.2) is 4.79 Å². The Morgan fingerprint density at radius 2 is 2.12 bits per heavy atom. The number of aromatic amines is 1. The fourth-order valence-electron chi connectivity index (χ4n) is 2.22. The van der Waals surface area contributed by atoms with Gasteiger partial charge in [-0.15, -0.1) is 0 Å². The first-order chi connectivity index (χ1) is 8.19. The lowest BCUT2D eigenvalue weighted by Gasteiger charge is -2.18. The maximum absolute atomic E-state index is 11.7. The van der Waals surface area contributed by atoms with E-state index in [1.165, 1.54) is 7.11 Å². The number of rotatable bonds is 1. The molecule has 0 atom stereocenters. The van der Waals surface area contributed by atoms with Crippen LogP contribution in [0.3, 0.4) is 0 Å². The van der Waals surface area contributed by atoms with E-state index in [9.17, 15) is 9.59 Å². The number of nitrogens with one attached hydrogen (secondary N) is 1. The van der Waals surface area contributed by atoms with Gasteiger partial charge in [0.25, 0.3) is 5.56 Å². The highest BCUT2D eigenvalue weighted by molar-refractivity contribution is 5.94. The molecule has 0 aromatic carbocycles. The summed E-state index contributed by atoms with van der Waals surface area (Å²) in [5, 5.41) is 8.97. The minimum atomic E-state index is -0.606. The summed E-state index contributed by atoms with van der Waals surface area (Å²) in [6.07, 6.45) is 3.37. The maximum Gasteiger partial charge on any atom is 0.339 e. The van der Waals surface area contributed by atoms with Crippen LogP contribution in [0.5, 0.6) is 0 Å². The number of nitrogens with zero attached hydrogens (tertiary/aromatic N) is 1. The number of methoxy groups -OCH3 is 1. The average Bonchev–Trinajstić information content (AvgIpc) is 2.36. The number of pyridine rings is 1. The van der Waals surface area contributed by atoms with E-state index < -0.39 is 11.5 Å². The minimum absolute atomic E-state index is 0.141. The Balaban J connectivity index is 2.76. The molecule has 0 bridgehead atoms. The van der Waals surface area contributed by atoms with Gasteiger partial charge in [0.15, 0.2) is 0 Å². The Morgan fingerprint density at radius 3 is 2.76 bits per heavy atom. The Morgan fingerprint density at radius 1 is 1.41 bits per heavy atom. The highest BCUT2D eigenvalue weighted by Gasteiger charge is 2.24. The molecule has 0 radical (unpaired) electrons. The van der Waals surface area contributed by atoms with Crippen LogP contribution in [-0.4, -0.2) is 18.1 Å². The number of hydrogen-bond acceptors (Lipinski definition) is 4. The van der Waals surface area contributed by atoms with Crippen LogP contribution in [0, 0.1) is 11.3 Å². The third-order valence-corrected chi connectivity index (χ3v) is 3.01. The van der Waals surface area contributed by atoms with Crippen LogP contribution in [0.15, 0.2) is 4.79 Å². The number of esters is 1. The average molecular weight is 232 g/mol. The van der Waals surface area contributed by atoms with Crippen LogP contribution in [0.4, 0.5) is 0 Å². The second-order valence-electron chi connectivity index (χ2n) is 3.97. The van der Waals surface area contributed by atoms with E-state index in [1.807, 2.05) is 0 Å². The monoisotopic (exact) mass is 232 g/mol. The van der Waals surface area contributed by atoms with Crippen molar-refractivity contribution in [2.45, 2.75) is 25.7 Å². The number of carbonyl (C=O) groups excluding carboxylic acids is 1. The van der Waals surface area contributed by atoms with Crippen LogP contribution in [0.1, 0.15) is 40.0 Å². The molecule has 1 aromatic rings. The largest absolute Gasteiger partial charge is 0.465 e. The number of ether oxygens (including phenoxy) is 1. The van der Waals surface area contributed by atoms with Gasteiger partial charge in [0.05, 0.1) is 12.7 Å². The first-order valence-corrected chi connectivity index (χ1v) is 5.45. The molecule has 5 nitrogen and oxygen atoms in total. The van der Waals surface area contributed by atoms with Gasteiger partial charge in [0.2, 0.25) is 0 Å². The van der Waals surface area contributed by atoms with Crippen molar-refractivity contribution in [3.05, 3.63) is 32.7 Å². The van der Waals surface area contributed by atoms with Gasteiger partial charge in [-0.05, 0) is 31.2 Å². The van der Waals surface area contributed by atoms with Gasteiger partial charge in [-0.1, -0.05) is 0 Å². The summed E-state index contributed by atoms with van der Waals surface area (Å²) in [6, 6.07) is 1.78. The standard InChI is InChI=1S/C12H12N2O3/c1-17-12(16)10-7-4-2-3-5-9(7)14-11(15)8(10)6-13/h2-5H2,1H3,(H,14,15). The Bertz CT molecular complexity index is 566. The fourth-order valence-corrected chi connectivity index (χ4v) is 2.22. The molecule has 1 aromatic heterocycles. The molecule has 1 aliphatic rings. The number of H-pyrrole nitrogens is 1. The number of aromatic nitrogens is 1. The quantitative estimate of drug-likeness (QED) is 0.729. The lowest BCUT2D eigenvalue weighted by molar-refractivity contribution is 0.0598. The molecular formula is C12H12N2O3. The summed E-state index contributed by atoms with van der Waals surface area (Å²) in [7, 11) is 1.25. The van der Waals surface area contributed by atoms with Gasteiger partial charge in [0, 0.05) is 5.69 Å². The molecule has 0 amide bonds. The van der Waals surface area contributed by atoms with E-state index in [-0.39, 0.29) is 11.1 Å². The third kappa shape index (κ3) is 1.82. The topological polar surface area (TPSA) is 83.0 Å². The lowest BCUT2D eigenvalue weighted by atomic mass is 9.90. The van der Waals surface area contributed by atoms with Gasteiger partial charge >= 0.3 is 5.97 Å². The summed E-state index contributed by atoms with van der Waals surface area (Å²) in [4.78, 5) is 26.0. The van der Waals surface area contributed by atoms with E-state index in [2.05, 4.69) is 9.72 Å². The summed E-state index contributed by atoms with van der Waals surface area (Å²) in [6.45, 7) is 0. The van der Waals surface area contributed by atoms with Crippen molar-refractivity contribution in [2.24, 2.45) is 0 Å². The van der Waals surface area contributed by atoms with E-state index in [0.717, 1.165) is 30.5 Å². The van der Waals surface area contributed by atoms with E-state index in [4.69, 9.17) is 5.26 Å². The second-order valence-corrected chi connectivity index (χ2v) is 3.97. The first-order valence-electron chi connectivity index (χ1n) is 5.45. The van der Waals surface area contributed by atoms with Gasteiger partial charge in [-0.3, -0.25) is 4.79 Å². The highest BCUT2D eigenvalue weighted by Crippen LogP contribution is 2.23. The molecule has 0 fully saturated rings. The molecular weight excluding hydrogens is 220 g/mol. The predicted octanol–water partition coefficient (Wildman–Crippen LogP) is 0.912. The SMILES string of the molecule is COC(=O)c1c2c([nH]c(=O)c1C#N)CCCC2. The summed E-state index contributed by atoms with van der Waals surface area (Å²) >= 11 is 0. The van der Waals surface area contributed by atoms with Crippen LogP contribution in [-0.2, 0) is 17.6 Å². The van der Waals surface area contributed by atoms with Crippen LogP contribution >= 0.6 is 0 Å². The number of carbonyl (C=O) groups is 1. The molecule has 17 heavy (non-hydrogen) atoms. The van der Waals surface area contributed by atoms with Crippen LogP contribution in [0.25, 0.3) is 0 Å². The minimum Gasteiger partial charge on any atom is -0.465 e. The number of nitriles is 1. The van der Waals surface area contributed by atoms with Crippen molar-refractivity contribution < 1.29 is 9.53 Å². The zero-order valence-corrected chi connectivity index (χ0v) is 9.50. The summed E-state index contributed by atoms with van der Waals surface area (Å²) in [5.74, 6) is -0.606. The molecule has 1 N–H and O–H groups in total. The summed E-state index contributed by atoms with van der Waals surface area (Å²) in [5.41, 5.74) is 1.03. The Labute approximate surface area is 98.0 Å². The number of fused-ring (bicyclic) bond motifs is 1. The number of hydrogen-bond donors (Lipinski definition) is 1. The predicted molar refractivity (Wildman–Crippen MR) is 59.8 cm³/mol. The zero-order valence-electron chi connectivity index (χ0n) is 9.50. The normalized spacial score (nSPS) is 13.6.